The first kappa shape index (κ1) is 13.9. The molecule has 0 aliphatic heterocycles. The maximum Gasteiger partial charge on any atom is 0.293 e. The van der Waals surface area contributed by atoms with Crippen molar-refractivity contribution in [3.63, 3.8) is 0 Å². The zero-order valence-electron chi connectivity index (χ0n) is 11.4. The Hall–Kier alpha value is -2.06. The van der Waals surface area contributed by atoms with Gasteiger partial charge in [-0.3, -0.25) is 10.1 Å². The molecule has 1 N–H and O–H groups in total. The lowest BCUT2D eigenvalue weighted by Gasteiger charge is -2.06. The highest BCUT2D eigenvalue weighted by molar-refractivity contribution is 7.18. The van der Waals surface area contributed by atoms with Crippen LogP contribution in [0.1, 0.15) is 15.6 Å². The van der Waals surface area contributed by atoms with Crippen LogP contribution in [-0.4, -0.2) is 14.9 Å². The van der Waals surface area contributed by atoms with Gasteiger partial charge in [0.1, 0.15) is 5.69 Å². The van der Waals surface area contributed by atoms with Crippen LogP contribution in [0.2, 0.25) is 0 Å². The molecule has 108 valence electrons. The van der Waals surface area contributed by atoms with E-state index < -0.39 is 0 Å². The predicted molar refractivity (Wildman–Crippen MR) is 85.2 cm³/mol. The van der Waals surface area contributed by atoms with E-state index in [1.54, 1.807) is 17.6 Å². The first-order valence-corrected chi connectivity index (χ1v) is 7.92. The molecular weight excluding hydrogens is 308 g/mol. The van der Waals surface area contributed by atoms with Crippen LogP contribution in [0.25, 0.3) is 10.2 Å². The Bertz CT molecular complexity index is 825. The summed E-state index contributed by atoms with van der Waals surface area (Å²) in [5, 5.41) is 15.3. The van der Waals surface area contributed by atoms with Crippen molar-refractivity contribution in [1.29, 1.82) is 0 Å². The molecule has 0 unspecified atom stereocenters. The number of aryl methyl sites for hydroxylation is 2. The molecule has 6 nitrogen and oxygen atoms in total. The molecule has 1 aromatic carbocycles. The summed E-state index contributed by atoms with van der Waals surface area (Å²) < 4.78 is 0.832. The van der Waals surface area contributed by atoms with Gasteiger partial charge in [0.2, 0.25) is 0 Å². The Labute approximate surface area is 128 Å². The molecule has 0 bridgehead atoms. The Morgan fingerprint density at radius 2 is 2.19 bits per heavy atom. The van der Waals surface area contributed by atoms with Crippen LogP contribution in [0.15, 0.2) is 17.6 Å². The average Bonchev–Trinajstić information content (AvgIpc) is 2.99. The van der Waals surface area contributed by atoms with Gasteiger partial charge in [0.05, 0.1) is 37.9 Å². The van der Waals surface area contributed by atoms with Gasteiger partial charge >= 0.3 is 0 Å². The quantitative estimate of drug-likeness (QED) is 0.582. The van der Waals surface area contributed by atoms with Gasteiger partial charge < -0.3 is 5.32 Å². The second kappa shape index (κ2) is 5.38. The minimum Gasteiger partial charge on any atom is -0.374 e. The molecule has 2 heterocycles. The number of benzene rings is 1. The zero-order valence-corrected chi connectivity index (χ0v) is 13.0. The topological polar surface area (TPSA) is 81.0 Å². The first-order valence-electron chi connectivity index (χ1n) is 6.23. The van der Waals surface area contributed by atoms with Gasteiger partial charge in [-0.05, 0) is 19.9 Å². The number of anilines is 1. The van der Waals surface area contributed by atoms with Crippen molar-refractivity contribution in [3.8, 4) is 0 Å². The maximum atomic E-state index is 11.2. The number of aromatic nitrogens is 2. The number of nitrogens with one attached hydrogen (secondary N) is 1. The van der Waals surface area contributed by atoms with Crippen molar-refractivity contribution >= 4 is 44.3 Å². The largest absolute Gasteiger partial charge is 0.374 e. The lowest BCUT2D eigenvalue weighted by Crippen LogP contribution is -2.02. The van der Waals surface area contributed by atoms with Crippen LogP contribution in [0.3, 0.4) is 0 Å². The van der Waals surface area contributed by atoms with Gasteiger partial charge in [-0.1, -0.05) is 0 Å². The van der Waals surface area contributed by atoms with Gasteiger partial charge in [-0.2, -0.15) is 0 Å². The molecule has 0 aliphatic rings. The smallest absolute Gasteiger partial charge is 0.293 e. The molecule has 3 aromatic rings. The number of fused-ring (bicyclic) bond motifs is 1. The van der Waals surface area contributed by atoms with Crippen molar-refractivity contribution < 1.29 is 4.92 Å². The Morgan fingerprint density at radius 3 is 2.86 bits per heavy atom. The zero-order chi connectivity index (χ0) is 15.0. The van der Waals surface area contributed by atoms with Gasteiger partial charge in [0.25, 0.3) is 5.69 Å². The summed E-state index contributed by atoms with van der Waals surface area (Å²) in [5.74, 6) is 0. The third kappa shape index (κ3) is 2.72. The Kier molecular flexibility index (Phi) is 3.56. The third-order valence-corrected chi connectivity index (χ3v) is 4.96. The molecule has 0 saturated heterocycles. The molecule has 0 spiro atoms. The second-order valence-corrected chi connectivity index (χ2v) is 6.72. The number of nitrogens with zero attached hydrogens (tertiary/aromatic N) is 3. The van der Waals surface area contributed by atoms with E-state index in [0.717, 1.165) is 25.8 Å². The van der Waals surface area contributed by atoms with Gasteiger partial charge in [0, 0.05) is 10.9 Å². The molecule has 0 aliphatic carbocycles. The second-order valence-electron chi connectivity index (χ2n) is 4.54. The van der Waals surface area contributed by atoms with E-state index in [1.165, 1.54) is 22.7 Å². The van der Waals surface area contributed by atoms with Gasteiger partial charge in [-0.15, -0.1) is 22.7 Å². The first-order chi connectivity index (χ1) is 10.0. The highest BCUT2D eigenvalue weighted by atomic mass is 32.1. The number of nitro benzene ring substituents is 1. The third-order valence-electron chi connectivity index (χ3n) is 3.09. The fourth-order valence-electron chi connectivity index (χ4n) is 2.04. The average molecular weight is 320 g/mol. The molecule has 3 rings (SSSR count). The van der Waals surface area contributed by atoms with Crippen molar-refractivity contribution in [2.24, 2.45) is 0 Å². The molecule has 0 atom stereocenters. The summed E-state index contributed by atoms with van der Waals surface area (Å²) in [7, 11) is 0. The van der Waals surface area contributed by atoms with Crippen molar-refractivity contribution in [2.45, 2.75) is 20.4 Å². The van der Waals surface area contributed by atoms with E-state index in [2.05, 4.69) is 15.3 Å². The van der Waals surface area contributed by atoms with E-state index in [-0.39, 0.29) is 10.6 Å². The van der Waals surface area contributed by atoms with Crippen LogP contribution in [0.5, 0.6) is 0 Å². The molecule has 2 aromatic heterocycles. The number of rotatable bonds is 4. The van der Waals surface area contributed by atoms with Gasteiger partial charge in [-0.25, -0.2) is 9.97 Å². The fourth-order valence-corrected chi connectivity index (χ4v) is 3.60. The summed E-state index contributed by atoms with van der Waals surface area (Å²) >= 11 is 2.99. The molecular formula is C13H12N4O2S2. The summed E-state index contributed by atoms with van der Waals surface area (Å²) in [4.78, 5) is 20.5. The lowest BCUT2D eigenvalue weighted by atomic mass is 10.2. The number of nitro groups is 1. The van der Waals surface area contributed by atoms with Crippen LogP contribution < -0.4 is 5.32 Å². The highest BCUT2D eigenvalue weighted by Crippen LogP contribution is 2.33. The standard InChI is InChI=1S/C13H12N4O2S2/c1-7-13(20-6-15-7)5-14-9-3-10-12(21-8(2)16-10)4-11(9)17(18)19/h3-4,6,14H,5H2,1-2H3. The van der Waals surface area contributed by atoms with Crippen LogP contribution in [-0.2, 0) is 6.54 Å². The monoisotopic (exact) mass is 320 g/mol. The molecule has 8 heteroatoms. The van der Waals surface area contributed by atoms with E-state index in [4.69, 9.17) is 0 Å². The number of thiazole rings is 2. The van der Waals surface area contributed by atoms with Crippen LogP contribution >= 0.6 is 22.7 Å². The normalized spacial score (nSPS) is 11.0. The number of hydrogen-bond acceptors (Lipinski definition) is 7. The lowest BCUT2D eigenvalue weighted by molar-refractivity contribution is -0.383. The maximum absolute atomic E-state index is 11.2. The van der Waals surface area contributed by atoms with E-state index >= 15 is 0 Å². The fraction of sp³-hybridized carbons (Fsp3) is 0.231. The summed E-state index contributed by atoms with van der Waals surface area (Å²) in [5.41, 5.74) is 4.07. The predicted octanol–water partition coefficient (Wildman–Crippen LogP) is 3.89. The Morgan fingerprint density at radius 1 is 1.38 bits per heavy atom. The summed E-state index contributed by atoms with van der Waals surface area (Å²) in [6.45, 7) is 4.34. The summed E-state index contributed by atoms with van der Waals surface area (Å²) in [6.07, 6.45) is 0. The van der Waals surface area contributed by atoms with Crippen LogP contribution in [0, 0.1) is 24.0 Å². The van der Waals surface area contributed by atoms with Crippen LogP contribution in [0.4, 0.5) is 11.4 Å². The van der Waals surface area contributed by atoms with E-state index in [0.29, 0.717) is 12.2 Å². The molecule has 0 amide bonds. The Balaban J connectivity index is 1.97. The van der Waals surface area contributed by atoms with Crippen molar-refractivity contribution in [3.05, 3.63) is 43.3 Å². The molecule has 0 fully saturated rings. The minimum absolute atomic E-state index is 0.0771. The molecule has 0 saturated carbocycles. The van der Waals surface area contributed by atoms with E-state index in [1.807, 2.05) is 13.8 Å². The molecule has 0 radical (unpaired) electrons. The van der Waals surface area contributed by atoms with Crippen molar-refractivity contribution in [2.75, 3.05) is 5.32 Å². The summed E-state index contributed by atoms with van der Waals surface area (Å²) in [6, 6.07) is 3.33. The van der Waals surface area contributed by atoms with E-state index in [9.17, 15) is 10.1 Å². The minimum atomic E-state index is -0.365. The van der Waals surface area contributed by atoms with Crippen molar-refractivity contribution in [1.82, 2.24) is 9.97 Å². The molecule has 21 heavy (non-hydrogen) atoms. The number of hydrogen-bond donors (Lipinski definition) is 1. The van der Waals surface area contributed by atoms with Gasteiger partial charge in [0.15, 0.2) is 0 Å². The highest BCUT2D eigenvalue weighted by Gasteiger charge is 2.17. The SMILES string of the molecule is Cc1nc2cc(NCc3scnc3C)c([N+](=O)[O-])cc2s1.